The van der Waals surface area contributed by atoms with Gasteiger partial charge in [-0.1, -0.05) is 47.1 Å². The zero-order chi connectivity index (χ0) is 13.9. The summed E-state index contributed by atoms with van der Waals surface area (Å²) in [6, 6.07) is 10.5. The molecule has 0 bridgehead atoms. The Morgan fingerprint density at radius 2 is 2.05 bits per heavy atom. The minimum Gasteiger partial charge on any atom is -0.310 e. The van der Waals surface area contributed by atoms with Gasteiger partial charge in [0.25, 0.3) is 0 Å². The maximum absolute atomic E-state index is 6.34. The average molecular weight is 325 g/mol. The SMILES string of the molecule is Clc1ccc(Sc2c(Cl)cccc2CNC2CC2)nc1. The molecule has 2 aromatic rings. The maximum atomic E-state index is 6.34. The van der Waals surface area contributed by atoms with Crippen molar-refractivity contribution >= 4 is 35.0 Å². The fourth-order valence-corrected chi connectivity index (χ4v) is 3.19. The van der Waals surface area contributed by atoms with Gasteiger partial charge in [-0.2, -0.15) is 0 Å². The van der Waals surface area contributed by atoms with Gasteiger partial charge in [0.2, 0.25) is 0 Å². The molecular weight excluding hydrogens is 311 g/mol. The van der Waals surface area contributed by atoms with Crippen LogP contribution < -0.4 is 5.32 Å². The number of nitrogens with zero attached hydrogens (tertiary/aromatic N) is 1. The first kappa shape index (κ1) is 14.2. The zero-order valence-electron chi connectivity index (χ0n) is 10.8. The molecule has 2 nitrogen and oxygen atoms in total. The largest absolute Gasteiger partial charge is 0.310 e. The highest BCUT2D eigenvalue weighted by Gasteiger charge is 2.21. The predicted octanol–water partition coefficient (Wildman–Crippen LogP) is 4.79. The Labute approximate surface area is 132 Å². The van der Waals surface area contributed by atoms with Gasteiger partial charge in [0.05, 0.1) is 10.0 Å². The first-order valence-corrected chi connectivity index (χ1v) is 8.10. The molecular formula is C15H14Cl2N2S. The minimum absolute atomic E-state index is 0.643. The van der Waals surface area contributed by atoms with Gasteiger partial charge in [0.15, 0.2) is 0 Å². The lowest BCUT2D eigenvalue weighted by atomic mass is 10.2. The van der Waals surface area contributed by atoms with E-state index in [1.807, 2.05) is 24.3 Å². The Morgan fingerprint density at radius 3 is 2.75 bits per heavy atom. The molecule has 1 saturated carbocycles. The summed E-state index contributed by atoms with van der Waals surface area (Å²) in [6.07, 6.45) is 4.21. The van der Waals surface area contributed by atoms with E-state index in [1.54, 1.807) is 18.0 Å². The molecule has 20 heavy (non-hydrogen) atoms. The van der Waals surface area contributed by atoms with E-state index in [0.29, 0.717) is 11.1 Å². The van der Waals surface area contributed by atoms with Crippen LogP contribution in [-0.4, -0.2) is 11.0 Å². The van der Waals surface area contributed by atoms with Crippen LogP contribution in [0.5, 0.6) is 0 Å². The second-order valence-electron chi connectivity index (χ2n) is 4.80. The van der Waals surface area contributed by atoms with Crippen molar-refractivity contribution in [1.29, 1.82) is 0 Å². The number of hydrogen-bond donors (Lipinski definition) is 1. The summed E-state index contributed by atoms with van der Waals surface area (Å²) in [5, 5.41) is 5.83. The van der Waals surface area contributed by atoms with E-state index < -0.39 is 0 Å². The highest BCUT2D eigenvalue weighted by atomic mass is 35.5. The fraction of sp³-hybridized carbons (Fsp3) is 0.267. The summed E-state index contributed by atoms with van der Waals surface area (Å²) in [5.41, 5.74) is 1.21. The molecule has 0 aliphatic heterocycles. The van der Waals surface area contributed by atoms with Crippen molar-refractivity contribution in [3.8, 4) is 0 Å². The zero-order valence-corrected chi connectivity index (χ0v) is 13.1. The van der Waals surface area contributed by atoms with Crippen LogP contribution in [0.25, 0.3) is 0 Å². The molecule has 1 aliphatic rings. The summed E-state index contributed by atoms with van der Waals surface area (Å²) in [5.74, 6) is 0. The van der Waals surface area contributed by atoms with Crippen LogP contribution in [-0.2, 0) is 6.54 Å². The van der Waals surface area contributed by atoms with E-state index in [4.69, 9.17) is 23.2 Å². The van der Waals surface area contributed by atoms with Crippen LogP contribution in [0.4, 0.5) is 0 Å². The molecule has 1 aromatic heterocycles. The van der Waals surface area contributed by atoms with E-state index in [0.717, 1.165) is 21.5 Å². The van der Waals surface area contributed by atoms with Crippen molar-refractivity contribution in [1.82, 2.24) is 10.3 Å². The summed E-state index contributed by atoms with van der Waals surface area (Å²) >= 11 is 13.8. The lowest BCUT2D eigenvalue weighted by molar-refractivity contribution is 0.680. The second-order valence-corrected chi connectivity index (χ2v) is 6.67. The second kappa shape index (κ2) is 6.35. The van der Waals surface area contributed by atoms with Crippen LogP contribution in [0.15, 0.2) is 46.5 Å². The summed E-state index contributed by atoms with van der Waals surface area (Å²) in [4.78, 5) is 5.38. The van der Waals surface area contributed by atoms with Gasteiger partial charge in [-0.05, 0) is 36.6 Å². The van der Waals surface area contributed by atoms with E-state index in [9.17, 15) is 0 Å². The summed E-state index contributed by atoms with van der Waals surface area (Å²) in [6.45, 7) is 0.848. The van der Waals surface area contributed by atoms with E-state index in [2.05, 4.69) is 16.4 Å². The molecule has 0 atom stereocenters. The van der Waals surface area contributed by atoms with Gasteiger partial charge in [-0.25, -0.2) is 4.98 Å². The number of rotatable bonds is 5. The van der Waals surface area contributed by atoms with Crippen LogP contribution in [0.1, 0.15) is 18.4 Å². The lowest BCUT2D eigenvalue weighted by Crippen LogP contribution is -2.15. The topological polar surface area (TPSA) is 24.9 Å². The van der Waals surface area contributed by atoms with Crippen molar-refractivity contribution in [2.45, 2.75) is 35.3 Å². The van der Waals surface area contributed by atoms with E-state index in [1.165, 1.54) is 18.4 Å². The third kappa shape index (κ3) is 3.67. The van der Waals surface area contributed by atoms with Gasteiger partial charge < -0.3 is 5.32 Å². The van der Waals surface area contributed by atoms with Gasteiger partial charge in [0, 0.05) is 23.7 Å². The normalized spacial score (nSPS) is 14.5. The van der Waals surface area contributed by atoms with E-state index >= 15 is 0 Å². The number of hydrogen-bond acceptors (Lipinski definition) is 3. The fourth-order valence-electron chi connectivity index (χ4n) is 1.88. The predicted molar refractivity (Wildman–Crippen MR) is 84.7 cm³/mol. The molecule has 3 rings (SSSR count). The number of halogens is 2. The van der Waals surface area contributed by atoms with Crippen LogP contribution in [0.3, 0.4) is 0 Å². The van der Waals surface area contributed by atoms with Crippen molar-refractivity contribution in [2.24, 2.45) is 0 Å². The third-order valence-electron chi connectivity index (χ3n) is 3.11. The Kier molecular flexibility index (Phi) is 4.51. The Hall–Kier alpha value is -0.740. The molecule has 0 unspecified atom stereocenters. The van der Waals surface area contributed by atoms with Crippen molar-refractivity contribution in [2.75, 3.05) is 0 Å². The Balaban J connectivity index is 1.80. The van der Waals surface area contributed by atoms with Crippen molar-refractivity contribution in [3.05, 3.63) is 52.1 Å². The van der Waals surface area contributed by atoms with Crippen LogP contribution in [0.2, 0.25) is 10.0 Å². The smallest absolute Gasteiger partial charge is 0.101 e. The number of pyridine rings is 1. The number of nitrogens with one attached hydrogen (secondary N) is 1. The number of benzene rings is 1. The molecule has 0 saturated heterocycles. The first-order chi connectivity index (χ1) is 9.72. The average Bonchev–Trinajstić information content (AvgIpc) is 3.26. The highest BCUT2D eigenvalue weighted by molar-refractivity contribution is 7.99. The van der Waals surface area contributed by atoms with Gasteiger partial charge in [0.1, 0.15) is 5.03 Å². The first-order valence-electron chi connectivity index (χ1n) is 6.52. The Bertz CT molecular complexity index is 597. The molecule has 0 amide bonds. The quantitative estimate of drug-likeness (QED) is 0.855. The molecule has 1 aliphatic carbocycles. The summed E-state index contributed by atoms with van der Waals surface area (Å²) < 4.78 is 0. The maximum Gasteiger partial charge on any atom is 0.101 e. The minimum atomic E-state index is 0.643. The third-order valence-corrected chi connectivity index (χ3v) is 4.90. The number of aromatic nitrogens is 1. The molecule has 104 valence electrons. The summed E-state index contributed by atoms with van der Waals surface area (Å²) in [7, 11) is 0. The molecule has 1 N–H and O–H groups in total. The molecule has 5 heteroatoms. The molecule has 1 heterocycles. The van der Waals surface area contributed by atoms with Crippen molar-refractivity contribution in [3.63, 3.8) is 0 Å². The highest BCUT2D eigenvalue weighted by Crippen LogP contribution is 2.35. The molecule has 0 radical (unpaired) electrons. The van der Waals surface area contributed by atoms with Crippen molar-refractivity contribution < 1.29 is 0 Å². The molecule has 1 fully saturated rings. The standard InChI is InChI=1S/C15H14Cl2N2S/c16-11-4-7-14(19-9-11)20-15-10(2-1-3-13(15)17)8-18-12-5-6-12/h1-4,7,9,12,18H,5-6,8H2. The molecule has 1 aromatic carbocycles. The molecule has 0 spiro atoms. The van der Waals surface area contributed by atoms with E-state index in [-0.39, 0.29) is 0 Å². The van der Waals surface area contributed by atoms with Gasteiger partial charge >= 0.3 is 0 Å². The van der Waals surface area contributed by atoms with Crippen LogP contribution >= 0.6 is 35.0 Å². The lowest BCUT2D eigenvalue weighted by Gasteiger charge is -2.11. The monoisotopic (exact) mass is 324 g/mol. The van der Waals surface area contributed by atoms with Crippen LogP contribution in [0, 0.1) is 0 Å². The van der Waals surface area contributed by atoms with Gasteiger partial charge in [-0.3, -0.25) is 0 Å². The Morgan fingerprint density at radius 1 is 1.20 bits per heavy atom. The van der Waals surface area contributed by atoms with Gasteiger partial charge in [-0.15, -0.1) is 0 Å².